The minimum absolute atomic E-state index is 0.287. The first kappa shape index (κ1) is 13.7. The lowest BCUT2D eigenvalue weighted by molar-refractivity contribution is 0.470. The van der Waals surface area contributed by atoms with Gasteiger partial charge in [-0.2, -0.15) is 0 Å². The van der Waals surface area contributed by atoms with Crippen molar-refractivity contribution in [3.8, 4) is 11.3 Å². The Kier molecular flexibility index (Phi) is 4.00. The molecule has 1 heterocycles. The van der Waals surface area contributed by atoms with Gasteiger partial charge in [-0.15, -0.1) is 0 Å². The molecule has 0 aliphatic rings. The van der Waals surface area contributed by atoms with E-state index in [1.165, 1.54) is 6.07 Å². The van der Waals surface area contributed by atoms with Crippen LogP contribution >= 0.6 is 0 Å². The monoisotopic (exact) mass is 265 g/mol. The Hall–Kier alpha value is -1.68. The Morgan fingerprint density at radius 1 is 1.16 bits per heavy atom. The number of rotatable bonds is 4. The molecule has 2 aromatic rings. The highest BCUT2D eigenvalue weighted by atomic mass is 19.1. The lowest BCUT2D eigenvalue weighted by atomic mass is 10.1. The number of hydrogen-bond acceptors (Lipinski definition) is 2. The normalized spacial score (nSPS) is 11.3. The van der Waals surface area contributed by atoms with E-state index in [2.05, 4.69) is 5.32 Å². The number of furan rings is 1. The van der Waals surface area contributed by atoms with E-state index in [0.29, 0.717) is 23.9 Å². The molecule has 0 fully saturated rings. The molecule has 0 amide bonds. The second-order valence-corrected chi connectivity index (χ2v) is 4.88. The minimum atomic E-state index is -0.610. The molecule has 0 aliphatic heterocycles. The van der Waals surface area contributed by atoms with Crippen molar-refractivity contribution in [2.45, 2.75) is 33.4 Å². The quantitative estimate of drug-likeness (QED) is 0.902. The van der Waals surface area contributed by atoms with Crippen molar-refractivity contribution in [3.05, 3.63) is 47.2 Å². The van der Waals surface area contributed by atoms with Crippen molar-refractivity contribution in [3.63, 3.8) is 0 Å². The van der Waals surface area contributed by atoms with Gasteiger partial charge < -0.3 is 9.73 Å². The van der Waals surface area contributed by atoms with Gasteiger partial charge in [0.2, 0.25) is 0 Å². The molecular weight excluding hydrogens is 248 g/mol. The van der Waals surface area contributed by atoms with Gasteiger partial charge in [0.15, 0.2) is 0 Å². The summed E-state index contributed by atoms with van der Waals surface area (Å²) in [5, 5.41) is 3.21. The van der Waals surface area contributed by atoms with E-state index in [1.807, 2.05) is 13.8 Å². The molecule has 1 aromatic carbocycles. The van der Waals surface area contributed by atoms with Crippen molar-refractivity contribution in [1.29, 1.82) is 0 Å². The van der Waals surface area contributed by atoms with Gasteiger partial charge in [-0.25, -0.2) is 8.78 Å². The van der Waals surface area contributed by atoms with Gasteiger partial charge in [0.05, 0.1) is 12.1 Å². The standard InChI is InChI=1S/C15H17F2NO/c1-9(2)18-8-11-4-5-15(19-11)12-6-10(3)13(16)7-14(12)17/h4-7,9,18H,8H2,1-3H3. The maximum absolute atomic E-state index is 13.7. The molecule has 1 N–H and O–H groups in total. The van der Waals surface area contributed by atoms with Gasteiger partial charge in [0.25, 0.3) is 0 Å². The zero-order valence-electron chi connectivity index (χ0n) is 11.3. The van der Waals surface area contributed by atoms with Gasteiger partial charge in [0, 0.05) is 12.1 Å². The van der Waals surface area contributed by atoms with Crippen LogP contribution < -0.4 is 5.32 Å². The van der Waals surface area contributed by atoms with Crippen LogP contribution in [0.15, 0.2) is 28.7 Å². The zero-order chi connectivity index (χ0) is 14.0. The van der Waals surface area contributed by atoms with E-state index in [9.17, 15) is 8.78 Å². The lowest BCUT2D eigenvalue weighted by Gasteiger charge is -2.06. The average molecular weight is 265 g/mol. The fraction of sp³-hybridized carbons (Fsp3) is 0.333. The Balaban J connectivity index is 2.25. The summed E-state index contributed by atoms with van der Waals surface area (Å²) in [6, 6.07) is 6.19. The summed E-state index contributed by atoms with van der Waals surface area (Å²) in [6.45, 7) is 6.25. The predicted molar refractivity (Wildman–Crippen MR) is 70.8 cm³/mol. The maximum atomic E-state index is 13.7. The molecular formula is C15H17F2NO. The molecule has 0 aliphatic carbocycles. The molecule has 2 rings (SSSR count). The summed E-state index contributed by atoms with van der Waals surface area (Å²) in [5.74, 6) is -0.0124. The Labute approximate surface area is 111 Å². The van der Waals surface area contributed by atoms with Crippen LogP contribution in [0.4, 0.5) is 8.78 Å². The van der Waals surface area contributed by atoms with Crippen LogP contribution in [0.25, 0.3) is 11.3 Å². The molecule has 0 atom stereocenters. The summed E-state index contributed by atoms with van der Waals surface area (Å²) in [6.07, 6.45) is 0. The van der Waals surface area contributed by atoms with Crippen LogP contribution in [0.3, 0.4) is 0 Å². The molecule has 0 saturated carbocycles. The molecule has 0 radical (unpaired) electrons. The number of halogens is 2. The van der Waals surface area contributed by atoms with Crippen LogP contribution in [-0.2, 0) is 6.54 Å². The van der Waals surface area contributed by atoms with Crippen LogP contribution in [0.2, 0.25) is 0 Å². The number of nitrogens with one attached hydrogen (secondary N) is 1. The van der Waals surface area contributed by atoms with Crippen molar-refractivity contribution >= 4 is 0 Å². The van der Waals surface area contributed by atoms with Crippen molar-refractivity contribution in [2.75, 3.05) is 0 Å². The van der Waals surface area contributed by atoms with E-state index in [4.69, 9.17) is 4.42 Å². The second-order valence-electron chi connectivity index (χ2n) is 4.88. The van der Waals surface area contributed by atoms with Gasteiger partial charge in [0.1, 0.15) is 23.2 Å². The summed E-state index contributed by atoms with van der Waals surface area (Å²) >= 11 is 0. The first-order chi connectivity index (χ1) is 8.97. The fourth-order valence-corrected chi connectivity index (χ4v) is 1.77. The largest absolute Gasteiger partial charge is 0.460 e. The molecule has 2 nitrogen and oxygen atoms in total. The topological polar surface area (TPSA) is 25.2 Å². The average Bonchev–Trinajstić information content (AvgIpc) is 2.80. The second kappa shape index (κ2) is 5.53. The molecule has 0 spiro atoms. The summed E-state index contributed by atoms with van der Waals surface area (Å²) in [7, 11) is 0. The Morgan fingerprint density at radius 2 is 1.89 bits per heavy atom. The summed E-state index contributed by atoms with van der Waals surface area (Å²) in [4.78, 5) is 0. The highest BCUT2D eigenvalue weighted by Crippen LogP contribution is 2.27. The highest BCUT2D eigenvalue weighted by molar-refractivity contribution is 5.59. The van der Waals surface area contributed by atoms with Gasteiger partial charge in [-0.1, -0.05) is 13.8 Å². The Morgan fingerprint density at radius 3 is 2.58 bits per heavy atom. The first-order valence-electron chi connectivity index (χ1n) is 6.25. The van der Waals surface area contributed by atoms with Gasteiger partial charge in [-0.3, -0.25) is 0 Å². The van der Waals surface area contributed by atoms with E-state index in [0.717, 1.165) is 11.8 Å². The highest BCUT2D eigenvalue weighted by Gasteiger charge is 2.13. The third kappa shape index (κ3) is 3.20. The zero-order valence-corrected chi connectivity index (χ0v) is 11.3. The maximum Gasteiger partial charge on any atom is 0.137 e. The van der Waals surface area contributed by atoms with Crippen molar-refractivity contribution < 1.29 is 13.2 Å². The molecule has 0 unspecified atom stereocenters. The Bertz CT molecular complexity index is 576. The van der Waals surface area contributed by atoms with Crippen LogP contribution in [0.1, 0.15) is 25.2 Å². The van der Waals surface area contributed by atoms with Crippen molar-refractivity contribution in [1.82, 2.24) is 5.32 Å². The fourth-order valence-electron chi connectivity index (χ4n) is 1.77. The molecule has 4 heteroatoms. The molecule has 19 heavy (non-hydrogen) atoms. The lowest BCUT2D eigenvalue weighted by Crippen LogP contribution is -2.21. The van der Waals surface area contributed by atoms with Crippen molar-refractivity contribution in [2.24, 2.45) is 0 Å². The summed E-state index contributed by atoms with van der Waals surface area (Å²) < 4.78 is 32.5. The van der Waals surface area contributed by atoms with E-state index in [-0.39, 0.29) is 5.56 Å². The molecule has 102 valence electrons. The SMILES string of the molecule is Cc1cc(-c2ccc(CNC(C)C)o2)c(F)cc1F. The molecule has 0 saturated heterocycles. The third-order valence-corrected chi connectivity index (χ3v) is 2.86. The van der Waals surface area contributed by atoms with Crippen LogP contribution in [-0.4, -0.2) is 6.04 Å². The van der Waals surface area contributed by atoms with Crippen LogP contribution in [0.5, 0.6) is 0 Å². The van der Waals surface area contributed by atoms with E-state index >= 15 is 0 Å². The minimum Gasteiger partial charge on any atom is -0.460 e. The number of hydrogen-bond donors (Lipinski definition) is 1. The number of benzene rings is 1. The molecule has 1 aromatic heterocycles. The van der Waals surface area contributed by atoms with E-state index in [1.54, 1.807) is 19.1 Å². The van der Waals surface area contributed by atoms with Gasteiger partial charge >= 0.3 is 0 Å². The van der Waals surface area contributed by atoms with E-state index < -0.39 is 11.6 Å². The third-order valence-electron chi connectivity index (χ3n) is 2.86. The number of aryl methyl sites for hydroxylation is 1. The first-order valence-corrected chi connectivity index (χ1v) is 6.25. The van der Waals surface area contributed by atoms with Gasteiger partial charge in [-0.05, 0) is 30.7 Å². The summed E-state index contributed by atoms with van der Waals surface area (Å²) in [5.41, 5.74) is 0.685. The smallest absolute Gasteiger partial charge is 0.137 e. The van der Waals surface area contributed by atoms with Crippen LogP contribution in [0, 0.1) is 18.6 Å². The predicted octanol–water partition coefficient (Wildman–Crippen LogP) is 4.03. The molecule has 0 bridgehead atoms.